The Morgan fingerprint density at radius 1 is 1.46 bits per heavy atom. The highest BCUT2D eigenvalue weighted by atomic mass is 32.2. The van der Waals surface area contributed by atoms with Gasteiger partial charge in [0.05, 0.1) is 0 Å². The molecule has 1 rings (SSSR count). The second-order valence-corrected chi connectivity index (χ2v) is 4.98. The lowest BCUT2D eigenvalue weighted by molar-refractivity contribution is 0.146. The number of rotatable bonds is 4. The van der Waals surface area contributed by atoms with E-state index in [2.05, 4.69) is 30.5 Å². The molecule has 1 fully saturated rings. The summed E-state index contributed by atoms with van der Waals surface area (Å²) in [6.07, 6.45) is 2.70. The average molecular weight is 202 g/mol. The predicted molar refractivity (Wildman–Crippen MR) is 61.2 cm³/mol. The van der Waals surface area contributed by atoms with Crippen molar-refractivity contribution >= 4 is 11.8 Å². The molecule has 1 atom stereocenters. The van der Waals surface area contributed by atoms with Crippen LogP contribution < -0.4 is 5.73 Å². The molecule has 0 amide bonds. The van der Waals surface area contributed by atoms with Gasteiger partial charge in [-0.05, 0) is 37.8 Å². The lowest BCUT2D eigenvalue weighted by Gasteiger charge is -2.37. The van der Waals surface area contributed by atoms with Gasteiger partial charge in [0.15, 0.2) is 0 Å². The van der Waals surface area contributed by atoms with E-state index in [0.717, 1.165) is 19.1 Å². The van der Waals surface area contributed by atoms with Gasteiger partial charge in [0.25, 0.3) is 0 Å². The zero-order valence-corrected chi connectivity index (χ0v) is 9.65. The van der Waals surface area contributed by atoms with Gasteiger partial charge < -0.3 is 5.73 Å². The number of nitrogens with two attached hydrogens (primary N) is 1. The van der Waals surface area contributed by atoms with Gasteiger partial charge >= 0.3 is 0 Å². The third kappa shape index (κ3) is 3.15. The van der Waals surface area contributed by atoms with E-state index in [4.69, 9.17) is 5.73 Å². The van der Waals surface area contributed by atoms with Crippen LogP contribution in [-0.2, 0) is 0 Å². The molecule has 3 heteroatoms. The fourth-order valence-corrected chi connectivity index (χ4v) is 3.16. The highest BCUT2D eigenvalue weighted by molar-refractivity contribution is 7.99. The van der Waals surface area contributed by atoms with E-state index in [9.17, 15) is 0 Å². The highest BCUT2D eigenvalue weighted by Crippen LogP contribution is 2.22. The molecule has 0 spiro atoms. The third-order valence-corrected chi connectivity index (χ3v) is 3.98. The SMILES string of the molecule is CCN(C(C)CN)C1CCSCC1. The van der Waals surface area contributed by atoms with Gasteiger partial charge in [-0.25, -0.2) is 0 Å². The maximum absolute atomic E-state index is 5.71. The Bertz CT molecular complexity index is 135. The first-order chi connectivity index (χ1) is 6.29. The van der Waals surface area contributed by atoms with Gasteiger partial charge in [0.2, 0.25) is 0 Å². The van der Waals surface area contributed by atoms with Crippen molar-refractivity contribution in [3.05, 3.63) is 0 Å². The molecule has 0 aromatic rings. The molecule has 0 radical (unpaired) electrons. The van der Waals surface area contributed by atoms with Crippen LogP contribution >= 0.6 is 11.8 Å². The molecule has 0 aliphatic carbocycles. The van der Waals surface area contributed by atoms with Crippen LogP contribution in [0.15, 0.2) is 0 Å². The standard InChI is InChI=1S/C10H22N2S/c1-3-12(9(2)8-11)10-4-6-13-7-5-10/h9-10H,3-8,11H2,1-2H3. The van der Waals surface area contributed by atoms with Crippen molar-refractivity contribution < 1.29 is 0 Å². The zero-order chi connectivity index (χ0) is 9.68. The maximum atomic E-state index is 5.71. The highest BCUT2D eigenvalue weighted by Gasteiger charge is 2.22. The third-order valence-electron chi connectivity index (χ3n) is 2.93. The molecule has 1 aliphatic heterocycles. The quantitative estimate of drug-likeness (QED) is 0.750. The van der Waals surface area contributed by atoms with Crippen molar-refractivity contribution in [2.24, 2.45) is 5.73 Å². The summed E-state index contributed by atoms with van der Waals surface area (Å²) >= 11 is 2.09. The van der Waals surface area contributed by atoms with Crippen molar-refractivity contribution in [3.63, 3.8) is 0 Å². The Kier molecular flexibility index (Phi) is 5.14. The predicted octanol–water partition coefficient (Wildman–Crippen LogP) is 1.55. The smallest absolute Gasteiger partial charge is 0.0192 e. The maximum Gasteiger partial charge on any atom is 0.0192 e. The van der Waals surface area contributed by atoms with E-state index in [1.807, 2.05) is 0 Å². The molecule has 2 nitrogen and oxygen atoms in total. The van der Waals surface area contributed by atoms with Gasteiger partial charge in [-0.3, -0.25) is 4.90 Å². The first-order valence-electron chi connectivity index (χ1n) is 5.33. The summed E-state index contributed by atoms with van der Waals surface area (Å²) in [5.74, 6) is 2.66. The minimum absolute atomic E-state index is 0.554. The number of nitrogens with zero attached hydrogens (tertiary/aromatic N) is 1. The molecule has 13 heavy (non-hydrogen) atoms. The molecule has 1 heterocycles. The molecular formula is C10H22N2S. The number of thioether (sulfide) groups is 1. The molecule has 2 N–H and O–H groups in total. The molecule has 1 aliphatic rings. The zero-order valence-electron chi connectivity index (χ0n) is 8.83. The fraction of sp³-hybridized carbons (Fsp3) is 1.00. The molecule has 0 aromatic carbocycles. The van der Waals surface area contributed by atoms with Crippen LogP contribution in [0.3, 0.4) is 0 Å². The average Bonchev–Trinajstić information content (AvgIpc) is 2.20. The van der Waals surface area contributed by atoms with Crippen LogP contribution in [0.1, 0.15) is 26.7 Å². The van der Waals surface area contributed by atoms with E-state index in [0.29, 0.717) is 6.04 Å². The van der Waals surface area contributed by atoms with Crippen LogP contribution in [0.5, 0.6) is 0 Å². The Morgan fingerprint density at radius 3 is 2.54 bits per heavy atom. The molecular weight excluding hydrogens is 180 g/mol. The largest absolute Gasteiger partial charge is 0.329 e. The van der Waals surface area contributed by atoms with Gasteiger partial charge in [0, 0.05) is 18.6 Å². The van der Waals surface area contributed by atoms with Crippen molar-refractivity contribution in [1.82, 2.24) is 4.90 Å². The summed E-state index contributed by atoms with van der Waals surface area (Å²) < 4.78 is 0. The Morgan fingerprint density at radius 2 is 2.08 bits per heavy atom. The summed E-state index contributed by atoms with van der Waals surface area (Å²) in [4.78, 5) is 2.57. The first-order valence-corrected chi connectivity index (χ1v) is 6.48. The van der Waals surface area contributed by atoms with Crippen LogP contribution in [0.4, 0.5) is 0 Å². The lowest BCUT2D eigenvalue weighted by Crippen LogP contribution is -2.46. The lowest BCUT2D eigenvalue weighted by atomic mass is 10.1. The van der Waals surface area contributed by atoms with Gasteiger partial charge in [0.1, 0.15) is 0 Å². The number of hydrogen-bond donors (Lipinski definition) is 1. The molecule has 0 aromatic heterocycles. The first kappa shape index (κ1) is 11.3. The van der Waals surface area contributed by atoms with Gasteiger partial charge in [-0.1, -0.05) is 6.92 Å². The number of hydrogen-bond acceptors (Lipinski definition) is 3. The molecule has 78 valence electrons. The van der Waals surface area contributed by atoms with Crippen molar-refractivity contribution in [3.8, 4) is 0 Å². The summed E-state index contributed by atoms with van der Waals surface area (Å²) in [5, 5.41) is 0. The van der Waals surface area contributed by atoms with Crippen molar-refractivity contribution in [1.29, 1.82) is 0 Å². The number of likely N-dealkylation sites (N-methyl/N-ethyl adjacent to an activating group) is 1. The van der Waals surface area contributed by atoms with Crippen LogP contribution in [0.25, 0.3) is 0 Å². The van der Waals surface area contributed by atoms with Crippen LogP contribution in [0, 0.1) is 0 Å². The normalized spacial score (nSPS) is 22.2. The monoisotopic (exact) mass is 202 g/mol. The summed E-state index contributed by atoms with van der Waals surface area (Å²) in [6.45, 7) is 6.42. The Hall–Kier alpha value is 0.270. The summed E-state index contributed by atoms with van der Waals surface area (Å²) in [5.41, 5.74) is 5.71. The second-order valence-electron chi connectivity index (χ2n) is 3.76. The van der Waals surface area contributed by atoms with E-state index in [1.54, 1.807) is 0 Å². The molecule has 0 saturated carbocycles. The fourth-order valence-electron chi connectivity index (χ4n) is 2.08. The summed E-state index contributed by atoms with van der Waals surface area (Å²) in [7, 11) is 0. The van der Waals surface area contributed by atoms with E-state index >= 15 is 0 Å². The molecule has 1 unspecified atom stereocenters. The summed E-state index contributed by atoms with van der Waals surface area (Å²) in [6, 6.07) is 1.35. The molecule has 0 bridgehead atoms. The van der Waals surface area contributed by atoms with E-state index in [-0.39, 0.29) is 0 Å². The Balaban J connectivity index is 2.43. The van der Waals surface area contributed by atoms with Crippen molar-refractivity contribution in [2.75, 3.05) is 24.6 Å². The Labute approximate surface area is 86.2 Å². The van der Waals surface area contributed by atoms with Crippen molar-refractivity contribution in [2.45, 2.75) is 38.8 Å². The molecule has 1 saturated heterocycles. The van der Waals surface area contributed by atoms with E-state index in [1.165, 1.54) is 24.3 Å². The topological polar surface area (TPSA) is 29.3 Å². The van der Waals surface area contributed by atoms with E-state index < -0.39 is 0 Å². The van der Waals surface area contributed by atoms with Crippen LogP contribution in [-0.4, -0.2) is 41.6 Å². The van der Waals surface area contributed by atoms with Gasteiger partial charge in [-0.2, -0.15) is 11.8 Å². The van der Waals surface area contributed by atoms with Crippen LogP contribution in [0.2, 0.25) is 0 Å². The minimum atomic E-state index is 0.554. The second kappa shape index (κ2) is 5.89. The minimum Gasteiger partial charge on any atom is -0.329 e. The van der Waals surface area contributed by atoms with Gasteiger partial charge in [-0.15, -0.1) is 0 Å².